The van der Waals surface area contributed by atoms with Gasteiger partial charge in [-0.3, -0.25) is 9.59 Å². The lowest BCUT2D eigenvalue weighted by molar-refractivity contribution is -0.159. The van der Waals surface area contributed by atoms with Crippen molar-refractivity contribution in [2.45, 2.75) is 19.4 Å². The number of rotatable bonds is 4. The Morgan fingerprint density at radius 3 is 2.76 bits per heavy atom. The zero-order valence-corrected chi connectivity index (χ0v) is 9.64. The molecule has 96 valence electrons. The summed E-state index contributed by atoms with van der Waals surface area (Å²) in [6, 6.07) is 0. The second-order valence-corrected chi connectivity index (χ2v) is 3.77. The van der Waals surface area contributed by atoms with Gasteiger partial charge in [0.15, 0.2) is 6.10 Å². The first-order valence-corrected chi connectivity index (χ1v) is 5.37. The predicted octanol–water partition coefficient (Wildman–Crippen LogP) is -1.18. The highest BCUT2D eigenvalue weighted by Crippen LogP contribution is 2.06. The zero-order valence-electron chi connectivity index (χ0n) is 9.64. The molecule has 0 saturated carbocycles. The highest BCUT2D eigenvalue weighted by atomic mass is 16.5. The molecule has 17 heavy (non-hydrogen) atoms. The van der Waals surface area contributed by atoms with E-state index >= 15 is 0 Å². The van der Waals surface area contributed by atoms with E-state index in [9.17, 15) is 14.4 Å². The zero-order chi connectivity index (χ0) is 12.8. The second-order valence-electron chi connectivity index (χ2n) is 3.77. The van der Waals surface area contributed by atoms with Crippen molar-refractivity contribution in [1.82, 2.24) is 10.2 Å². The van der Waals surface area contributed by atoms with Crippen molar-refractivity contribution in [3.05, 3.63) is 0 Å². The minimum Gasteiger partial charge on any atom is -0.479 e. The molecule has 0 radical (unpaired) electrons. The number of carbonyl (C=O) groups excluding carboxylic acids is 2. The Morgan fingerprint density at radius 1 is 1.47 bits per heavy atom. The molecule has 0 bridgehead atoms. The Hall–Kier alpha value is -1.63. The van der Waals surface area contributed by atoms with Crippen LogP contribution in [0.5, 0.6) is 0 Å². The minimum absolute atomic E-state index is 0.0637. The molecule has 1 atom stereocenters. The molecule has 1 aliphatic rings. The van der Waals surface area contributed by atoms with Gasteiger partial charge in [0.25, 0.3) is 0 Å². The lowest BCUT2D eigenvalue weighted by Gasteiger charge is -2.30. The number of amides is 2. The highest BCUT2D eigenvalue weighted by Gasteiger charge is 2.28. The molecule has 1 heterocycles. The summed E-state index contributed by atoms with van der Waals surface area (Å²) in [6.07, 6.45) is -0.778. The lowest BCUT2D eigenvalue weighted by atomic mass is 10.2. The number of ether oxygens (including phenoxy) is 1. The maximum Gasteiger partial charge on any atom is 0.334 e. The lowest BCUT2D eigenvalue weighted by Crippen LogP contribution is -2.49. The highest BCUT2D eigenvalue weighted by molar-refractivity contribution is 5.79. The quantitative estimate of drug-likeness (QED) is 0.649. The van der Waals surface area contributed by atoms with Crippen molar-refractivity contribution in [1.29, 1.82) is 0 Å². The van der Waals surface area contributed by atoms with E-state index < -0.39 is 12.1 Å². The standard InChI is InChI=1S/C10H16N2O5/c1-7(13)11-3-2-9(14)12-4-5-17-8(6-12)10(15)16/h8H,2-6H2,1H3,(H,11,13)(H,15,16). The number of aliphatic carboxylic acids is 1. The normalized spacial score (nSPS) is 19.8. The second kappa shape index (κ2) is 6.19. The molecule has 0 aromatic carbocycles. The Labute approximate surface area is 98.7 Å². The number of carbonyl (C=O) groups is 3. The molecule has 1 saturated heterocycles. The summed E-state index contributed by atoms with van der Waals surface area (Å²) in [6.45, 7) is 2.32. The first kappa shape index (κ1) is 13.4. The van der Waals surface area contributed by atoms with Crippen LogP contribution in [0.4, 0.5) is 0 Å². The molecule has 0 aromatic heterocycles. The van der Waals surface area contributed by atoms with Crippen LogP contribution in [-0.2, 0) is 19.1 Å². The molecular weight excluding hydrogens is 228 g/mol. The fourth-order valence-corrected chi connectivity index (χ4v) is 1.53. The van der Waals surface area contributed by atoms with Crippen molar-refractivity contribution < 1.29 is 24.2 Å². The number of nitrogens with one attached hydrogen (secondary N) is 1. The SMILES string of the molecule is CC(=O)NCCC(=O)N1CCOC(C(=O)O)C1. The summed E-state index contributed by atoms with van der Waals surface area (Å²) in [5, 5.41) is 11.3. The number of carboxylic acid groups (broad SMARTS) is 1. The fourth-order valence-electron chi connectivity index (χ4n) is 1.53. The van der Waals surface area contributed by atoms with Gasteiger partial charge < -0.3 is 20.1 Å². The molecule has 1 fully saturated rings. The van der Waals surface area contributed by atoms with Crippen LogP contribution in [0, 0.1) is 0 Å². The van der Waals surface area contributed by atoms with E-state index in [-0.39, 0.29) is 37.9 Å². The summed E-state index contributed by atoms with van der Waals surface area (Å²) >= 11 is 0. The van der Waals surface area contributed by atoms with Gasteiger partial charge in [-0.2, -0.15) is 0 Å². The third-order valence-corrected chi connectivity index (χ3v) is 2.41. The third kappa shape index (κ3) is 4.39. The molecule has 1 unspecified atom stereocenters. The van der Waals surface area contributed by atoms with Crippen molar-refractivity contribution in [2.75, 3.05) is 26.2 Å². The van der Waals surface area contributed by atoms with Gasteiger partial charge in [-0.1, -0.05) is 0 Å². The van der Waals surface area contributed by atoms with Gasteiger partial charge in [0.1, 0.15) is 0 Å². The molecule has 7 nitrogen and oxygen atoms in total. The molecular formula is C10H16N2O5. The molecule has 1 aliphatic heterocycles. The maximum atomic E-state index is 11.7. The van der Waals surface area contributed by atoms with E-state index in [1.807, 2.05) is 0 Å². The predicted molar refractivity (Wildman–Crippen MR) is 57.3 cm³/mol. The molecule has 2 N–H and O–H groups in total. The number of hydrogen-bond acceptors (Lipinski definition) is 4. The fraction of sp³-hybridized carbons (Fsp3) is 0.700. The summed E-state index contributed by atoms with van der Waals surface area (Å²) in [7, 11) is 0. The van der Waals surface area contributed by atoms with Gasteiger partial charge in [-0.05, 0) is 0 Å². The monoisotopic (exact) mass is 244 g/mol. The maximum absolute atomic E-state index is 11.7. The van der Waals surface area contributed by atoms with Crippen molar-refractivity contribution in [2.24, 2.45) is 0 Å². The molecule has 2 amide bonds. The van der Waals surface area contributed by atoms with Crippen LogP contribution >= 0.6 is 0 Å². The van der Waals surface area contributed by atoms with Crippen LogP contribution in [-0.4, -0.2) is 60.1 Å². The number of morpholine rings is 1. The van der Waals surface area contributed by atoms with E-state index in [1.165, 1.54) is 11.8 Å². The van der Waals surface area contributed by atoms with E-state index in [2.05, 4.69) is 5.32 Å². The van der Waals surface area contributed by atoms with Crippen molar-refractivity contribution in [3.8, 4) is 0 Å². The average Bonchev–Trinajstić information content (AvgIpc) is 2.28. The van der Waals surface area contributed by atoms with Gasteiger partial charge in [-0.25, -0.2) is 4.79 Å². The van der Waals surface area contributed by atoms with E-state index in [1.54, 1.807) is 0 Å². The largest absolute Gasteiger partial charge is 0.479 e. The summed E-state index contributed by atoms with van der Waals surface area (Å²) in [5.41, 5.74) is 0. The van der Waals surface area contributed by atoms with E-state index in [0.29, 0.717) is 6.54 Å². The number of hydrogen-bond donors (Lipinski definition) is 2. The molecule has 0 aliphatic carbocycles. The van der Waals surface area contributed by atoms with Crippen LogP contribution in [0.15, 0.2) is 0 Å². The minimum atomic E-state index is -1.07. The Kier molecular flexibility index (Phi) is 4.89. The first-order chi connectivity index (χ1) is 8.00. The van der Waals surface area contributed by atoms with Crippen LogP contribution in [0.1, 0.15) is 13.3 Å². The Bertz CT molecular complexity index is 318. The van der Waals surface area contributed by atoms with Crippen LogP contribution in [0.3, 0.4) is 0 Å². The summed E-state index contributed by atoms with van der Waals surface area (Å²) < 4.78 is 5.00. The number of nitrogens with zero attached hydrogens (tertiary/aromatic N) is 1. The molecule has 1 rings (SSSR count). The first-order valence-electron chi connectivity index (χ1n) is 5.37. The van der Waals surface area contributed by atoms with E-state index in [0.717, 1.165) is 0 Å². The molecule has 0 aromatic rings. The Morgan fingerprint density at radius 2 is 2.18 bits per heavy atom. The van der Waals surface area contributed by atoms with Crippen LogP contribution < -0.4 is 5.32 Å². The third-order valence-electron chi connectivity index (χ3n) is 2.41. The average molecular weight is 244 g/mol. The van der Waals surface area contributed by atoms with Gasteiger partial charge in [0, 0.05) is 26.4 Å². The van der Waals surface area contributed by atoms with Gasteiger partial charge in [-0.15, -0.1) is 0 Å². The van der Waals surface area contributed by atoms with Crippen molar-refractivity contribution >= 4 is 17.8 Å². The van der Waals surface area contributed by atoms with Gasteiger partial charge in [0.05, 0.1) is 13.2 Å². The Balaban J connectivity index is 2.35. The van der Waals surface area contributed by atoms with Crippen LogP contribution in [0.2, 0.25) is 0 Å². The smallest absolute Gasteiger partial charge is 0.334 e. The molecule has 0 spiro atoms. The summed E-state index contributed by atoms with van der Waals surface area (Å²) in [5.74, 6) is -1.43. The summed E-state index contributed by atoms with van der Waals surface area (Å²) in [4.78, 5) is 34.4. The van der Waals surface area contributed by atoms with Gasteiger partial charge >= 0.3 is 5.97 Å². The van der Waals surface area contributed by atoms with Crippen molar-refractivity contribution in [3.63, 3.8) is 0 Å². The molecule has 7 heteroatoms. The van der Waals surface area contributed by atoms with E-state index in [4.69, 9.17) is 9.84 Å². The number of carboxylic acids is 1. The topological polar surface area (TPSA) is 95.9 Å². The van der Waals surface area contributed by atoms with Gasteiger partial charge in [0.2, 0.25) is 11.8 Å². The van der Waals surface area contributed by atoms with Crippen LogP contribution in [0.25, 0.3) is 0 Å².